The van der Waals surface area contributed by atoms with Gasteiger partial charge in [-0.25, -0.2) is 0 Å². The summed E-state index contributed by atoms with van der Waals surface area (Å²) in [5, 5.41) is 27.9. The molecule has 3 N–H and O–H groups in total. The highest BCUT2D eigenvalue weighted by atomic mass is 32.2. The van der Waals surface area contributed by atoms with Gasteiger partial charge in [0.25, 0.3) is 0 Å². The molecule has 1 aromatic carbocycles. The Hall–Kier alpha value is -0.550. The fraction of sp³-hybridized carbons (Fsp3) is 0.455. The Morgan fingerprint density at radius 2 is 2.07 bits per heavy atom. The van der Waals surface area contributed by atoms with Crippen LogP contribution in [0.5, 0.6) is 0 Å². The molecule has 0 saturated carbocycles. The highest BCUT2D eigenvalue weighted by Gasteiger charge is 2.17. The molecule has 3 nitrogen and oxygen atoms in total. The van der Waals surface area contributed by atoms with E-state index in [9.17, 15) is 10.2 Å². The predicted octanol–water partition coefficient (Wildman–Crippen LogP) is 1.19. The summed E-state index contributed by atoms with van der Waals surface area (Å²) in [5.41, 5.74) is 0.683. The maximum atomic E-state index is 9.77. The minimum Gasteiger partial charge on any atom is -0.396 e. The van der Waals surface area contributed by atoms with Crippen molar-refractivity contribution in [2.24, 2.45) is 0 Å². The minimum absolute atomic E-state index is 0.125. The Balaban J connectivity index is 2.76. The molecule has 0 radical (unpaired) electrons. The van der Waals surface area contributed by atoms with Gasteiger partial charge in [-0.1, -0.05) is 12.1 Å². The molecule has 0 aromatic heterocycles. The Bertz CT molecular complexity index is 304. The predicted molar refractivity (Wildman–Crippen MR) is 60.9 cm³/mol. The molecule has 0 heterocycles. The van der Waals surface area contributed by atoms with E-state index in [0.717, 1.165) is 4.90 Å². The van der Waals surface area contributed by atoms with Gasteiger partial charge in [-0.2, -0.15) is 0 Å². The van der Waals surface area contributed by atoms with Crippen LogP contribution in [-0.4, -0.2) is 34.3 Å². The number of hydrogen-bond acceptors (Lipinski definition) is 4. The monoisotopic (exact) mass is 228 g/mol. The third-order valence-corrected chi connectivity index (χ3v) is 2.95. The van der Waals surface area contributed by atoms with Crippen molar-refractivity contribution >= 4 is 11.8 Å². The lowest BCUT2D eigenvalue weighted by atomic mass is 10.0. The van der Waals surface area contributed by atoms with E-state index in [1.807, 2.05) is 24.5 Å². The zero-order chi connectivity index (χ0) is 11.3. The average molecular weight is 228 g/mol. The van der Waals surface area contributed by atoms with Crippen molar-refractivity contribution in [1.82, 2.24) is 0 Å². The molecule has 1 aromatic rings. The minimum atomic E-state index is -0.927. The van der Waals surface area contributed by atoms with E-state index in [0.29, 0.717) is 5.56 Å². The third-order valence-electron chi connectivity index (χ3n) is 2.22. The molecule has 0 aliphatic carbocycles. The normalized spacial score (nSPS) is 14.9. The molecule has 84 valence electrons. The second-order valence-electron chi connectivity index (χ2n) is 3.30. The summed E-state index contributed by atoms with van der Waals surface area (Å²) in [7, 11) is 0. The molecule has 1 rings (SSSR count). The molecule has 4 heteroatoms. The van der Waals surface area contributed by atoms with Crippen LogP contribution >= 0.6 is 11.8 Å². The lowest BCUT2D eigenvalue weighted by molar-refractivity contribution is 0.00411. The smallest absolute Gasteiger partial charge is 0.105 e. The Labute approximate surface area is 93.8 Å². The summed E-state index contributed by atoms with van der Waals surface area (Å²) >= 11 is 1.58. The zero-order valence-corrected chi connectivity index (χ0v) is 9.44. The van der Waals surface area contributed by atoms with E-state index in [2.05, 4.69) is 0 Å². The van der Waals surface area contributed by atoms with Crippen molar-refractivity contribution in [1.29, 1.82) is 0 Å². The maximum Gasteiger partial charge on any atom is 0.105 e. The molecule has 2 unspecified atom stereocenters. The average Bonchev–Trinajstić information content (AvgIpc) is 2.28. The van der Waals surface area contributed by atoms with Crippen LogP contribution < -0.4 is 0 Å². The van der Waals surface area contributed by atoms with Crippen molar-refractivity contribution in [3.8, 4) is 0 Å². The zero-order valence-electron chi connectivity index (χ0n) is 8.63. The molecule has 0 aliphatic heterocycles. The van der Waals surface area contributed by atoms with Gasteiger partial charge in [-0.3, -0.25) is 0 Å². The van der Waals surface area contributed by atoms with Crippen LogP contribution in [0.4, 0.5) is 0 Å². The second-order valence-corrected chi connectivity index (χ2v) is 4.18. The van der Waals surface area contributed by atoms with E-state index < -0.39 is 12.2 Å². The topological polar surface area (TPSA) is 60.7 Å². The molecule has 0 spiro atoms. The molecular weight excluding hydrogens is 212 g/mol. The van der Waals surface area contributed by atoms with Gasteiger partial charge in [0.15, 0.2) is 0 Å². The number of rotatable bonds is 5. The quantitative estimate of drug-likeness (QED) is 0.662. The standard InChI is InChI=1S/C11H16O3S/c1-15-9-4-2-3-8(7-9)11(14)10(13)5-6-12/h2-4,7,10-14H,5-6H2,1H3. The van der Waals surface area contributed by atoms with Crippen LogP contribution in [0, 0.1) is 0 Å². The Kier molecular flexibility index (Phi) is 5.11. The van der Waals surface area contributed by atoms with Gasteiger partial charge in [0, 0.05) is 11.5 Å². The lowest BCUT2D eigenvalue weighted by Crippen LogP contribution is -2.19. The first-order chi connectivity index (χ1) is 7.19. The van der Waals surface area contributed by atoms with Gasteiger partial charge >= 0.3 is 0 Å². The molecule has 15 heavy (non-hydrogen) atoms. The molecule has 0 aliphatic rings. The second kappa shape index (κ2) is 6.12. The van der Waals surface area contributed by atoms with Crippen molar-refractivity contribution in [2.45, 2.75) is 23.5 Å². The van der Waals surface area contributed by atoms with Crippen LogP contribution in [-0.2, 0) is 0 Å². The van der Waals surface area contributed by atoms with Crippen LogP contribution in [0.2, 0.25) is 0 Å². The number of thioether (sulfide) groups is 1. The number of benzene rings is 1. The summed E-state index contributed by atoms with van der Waals surface area (Å²) in [6.07, 6.45) is 0.302. The highest BCUT2D eigenvalue weighted by molar-refractivity contribution is 7.98. The summed E-state index contributed by atoms with van der Waals surface area (Å²) in [5.74, 6) is 0. The Morgan fingerprint density at radius 1 is 1.33 bits per heavy atom. The molecule has 0 amide bonds. The van der Waals surface area contributed by atoms with Gasteiger partial charge in [-0.05, 0) is 30.4 Å². The highest BCUT2D eigenvalue weighted by Crippen LogP contribution is 2.23. The van der Waals surface area contributed by atoms with E-state index in [1.54, 1.807) is 17.8 Å². The van der Waals surface area contributed by atoms with E-state index in [-0.39, 0.29) is 13.0 Å². The third kappa shape index (κ3) is 3.50. The summed E-state index contributed by atoms with van der Waals surface area (Å²) < 4.78 is 0. The van der Waals surface area contributed by atoms with Gasteiger partial charge in [0.1, 0.15) is 6.10 Å². The van der Waals surface area contributed by atoms with Gasteiger partial charge < -0.3 is 15.3 Å². The summed E-state index contributed by atoms with van der Waals surface area (Å²) in [4.78, 5) is 1.04. The van der Waals surface area contributed by atoms with Crippen LogP contribution in [0.3, 0.4) is 0 Å². The van der Waals surface area contributed by atoms with Crippen molar-refractivity contribution in [2.75, 3.05) is 12.9 Å². The summed E-state index contributed by atoms with van der Waals surface area (Å²) in [6, 6.07) is 7.40. The van der Waals surface area contributed by atoms with E-state index in [4.69, 9.17) is 5.11 Å². The first-order valence-electron chi connectivity index (χ1n) is 4.80. The largest absolute Gasteiger partial charge is 0.396 e. The van der Waals surface area contributed by atoms with Crippen molar-refractivity contribution in [3.05, 3.63) is 29.8 Å². The van der Waals surface area contributed by atoms with E-state index >= 15 is 0 Å². The molecule has 0 fully saturated rings. The van der Waals surface area contributed by atoms with Gasteiger partial charge in [-0.15, -0.1) is 11.8 Å². The van der Waals surface area contributed by atoms with Crippen LogP contribution in [0.25, 0.3) is 0 Å². The fourth-order valence-corrected chi connectivity index (χ4v) is 1.81. The number of aliphatic hydroxyl groups is 3. The van der Waals surface area contributed by atoms with Crippen molar-refractivity contribution < 1.29 is 15.3 Å². The lowest BCUT2D eigenvalue weighted by Gasteiger charge is -2.17. The number of aliphatic hydroxyl groups excluding tert-OH is 3. The van der Waals surface area contributed by atoms with E-state index in [1.165, 1.54) is 0 Å². The molecule has 2 atom stereocenters. The fourth-order valence-electron chi connectivity index (χ4n) is 1.34. The molecule has 0 bridgehead atoms. The Morgan fingerprint density at radius 3 is 2.67 bits per heavy atom. The molecule has 0 saturated heterocycles. The number of hydrogen-bond donors (Lipinski definition) is 3. The van der Waals surface area contributed by atoms with Gasteiger partial charge in [0.2, 0.25) is 0 Å². The first-order valence-corrected chi connectivity index (χ1v) is 6.02. The summed E-state index contributed by atoms with van der Waals surface area (Å²) in [6.45, 7) is -0.125. The first kappa shape index (κ1) is 12.5. The van der Waals surface area contributed by atoms with Crippen molar-refractivity contribution in [3.63, 3.8) is 0 Å². The molecular formula is C11H16O3S. The van der Waals surface area contributed by atoms with Crippen LogP contribution in [0.1, 0.15) is 18.1 Å². The SMILES string of the molecule is CSc1cccc(C(O)C(O)CCO)c1. The maximum absolute atomic E-state index is 9.77. The van der Waals surface area contributed by atoms with Gasteiger partial charge in [0.05, 0.1) is 6.10 Å². The van der Waals surface area contributed by atoms with Crippen LogP contribution in [0.15, 0.2) is 29.2 Å².